The van der Waals surface area contributed by atoms with Gasteiger partial charge in [0.2, 0.25) is 11.8 Å². The quantitative estimate of drug-likeness (QED) is 0.819. The molecule has 0 saturated heterocycles. The zero-order chi connectivity index (χ0) is 18.3. The van der Waals surface area contributed by atoms with Gasteiger partial charge in [0, 0.05) is 25.7 Å². The first-order valence-corrected chi connectivity index (χ1v) is 8.16. The van der Waals surface area contributed by atoms with Crippen LogP contribution in [0.25, 0.3) is 0 Å². The second-order valence-corrected chi connectivity index (χ2v) is 5.87. The molecule has 6 heteroatoms. The Morgan fingerprint density at radius 3 is 2.00 bits per heavy atom. The Morgan fingerprint density at radius 2 is 1.50 bits per heavy atom. The van der Waals surface area contributed by atoms with Gasteiger partial charge in [-0.05, 0) is 39.8 Å². The van der Waals surface area contributed by atoms with Crippen LogP contribution in [0.3, 0.4) is 0 Å². The first-order chi connectivity index (χ1) is 11.3. The van der Waals surface area contributed by atoms with Gasteiger partial charge in [0.25, 0.3) is 5.91 Å². The van der Waals surface area contributed by atoms with Crippen LogP contribution in [0.1, 0.15) is 35.3 Å². The van der Waals surface area contributed by atoms with Crippen molar-refractivity contribution in [3.8, 4) is 0 Å². The van der Waals surface area contributed by atoms with Crippen LogP contribution in [-0.4, -0.2) is 60.7 Å². The molecule has 0 radical (unpaired) electrons. The zero-order valence-electron chi connectivity index (χ0n) is 15.2. The number of nitrogens with one attached hydrogen (secondary N) is 1. The highest BCUT2D eigenvalue weighted by atomic mass is 16.2. The van der Waals surface area contributed by atoms with Crippen molar-refractivity contribution in [1.82, 2.24) is 15.1 Å². The fourth-order valence-electron chi connectivity index (χ4n) is 2.47. The van der Waals surface area contributed by atoms with Gasteiger partial charge >= 0.3 is 0 Å². The Hall–Kier alpha value is -2.37. The summed E-state index contributed by atoms with van der Waals surface area (Å²) in [6.45, 7) is 8.74. The van der Waals surface area contributed by atoms with Crippen molar-refractivity contribution in [2.45, 2.75) is 27.7 Å². The highest BCUT2D eigenvalue weighted by Crippen LogP contribution is 2.08. The third-order valence-electron chi connectivity index (χ3n) is 3.80. The predicted molar refractivity (Wildman–Crippen MR) is 93.8 cm³/mol. The maximum Gasteiger partial charge on any atom is 0.251 e. The van der Waals surface area contributed by atoms with Gasteiger partial charge in [-0.3, -0.25) is 14.4 Å². The van der Waals surface area contributed by atoms with E-state index < -0.39 is 0 Å². The van der Waals surface area contributed by atoms with Crippen LogP contribution < -0.4 is 5.32 Å². The Kier molecular flexibility index (Phi) is 7.42. The van der Waals surface area contributed by atoms with Crippen LogP contribution in [0.2, 0.25) is 0 Å². The fourth-order valence-corrected chi connectivity index (χ4v) is 2.47. The number of hydrogen-bond donors (Lipinski definition) is 1. The topological polar surface area (TPSA) is 69.7 Å². The normalized spacial score (nSPS) is 10.2. The number of benzene rings is 1. The number of likely N-dealkylation sites (N-methyl/N-ethyl adjacent to an activating group) is 2. The molecule has 0 aliphatic carbocycles. The Balaban J connectivity index is 2.55. The highest BCUT2D eigenvalue weighted by Gasteiger charge is 2.17. The van der Waals surface area contributed by atoms with Crippen LogP contribution >= 0.6 is 0 Å². The van der Waals surface area contributed by atoms with Gasteiger partial charge in [-0.2, -0.15) is 0 Å². The van der Waals surface area contributed by atoms with E-state index in [-0.39, 0.29) is 30.8 Å². The van der Waals surface area contributed by atoms with E-state index in [1.165, 1.54) is 4.90 Å². The molecule has 1 aromatic carbocycles. The molecule has 0 heterocycles. The Labute approximate surface area is 143 Å². The summed E-state index contributed by atoms with van der Waals surface area (Å²) in [5.74, 6) is -0.691. The molecule has 24 heavy (non-hydrogen) atoms. The number of carbonyl (C=O) groups excluding carboxylic acids is 3. The molecule has 6 nitrogen and oxygen atoms in total. The zero-order valence-corrected chi connectivity index (χ0v) is 15.2. The van der Waals surface area contributed by atoms with Gasteiger partial charge < -0.3 is 15.1 Å². The van der Waals surface area contributed by atoms with Gasteiger partial charge in [0.15, 0.2) is 0 Å². The molecule has 0 aromatic heterocycles. The molecule has 0 aliphatic rings. The maximum absolute atomic E-state index is 12.1. The second kappa shape index (κ2) is 9.05. The molecule has 0 unspecified atom stereocenters. The molecular formula is C18H27N3O3. The molecule has 0 saturated carbocycles. The maximum atomic E-state index is 12.1. The van der Waals surface area contributed by atoms with Gasteiger partial charge in [-0.1, -0.05) is 17.2 Å². The van der Waals surface area contributed by atoms with Crippen molar-refractivity contribution in [2.75, 3.05) is 33.2 Å². The smallest absolute Gasteiger partial charge is 0.251 e. The minimum absolute atomic E-state index is 0.0138. The predicted octanol–water partition coefficient (Wildman–Crippen LogP) is 1.36. The van der Waals surface area contributed by atoms with Crippen LogP contribution in [0, 0.1) is 13.8 Å². The monoisotopic (exact) mass is 333 g/mol. The van der Waals surface area contributed by atoms with Gasteiger partial charge in [-0.15, -0.1) is 0 Å². The number of nitrogens with zero attached hydrogens (tertiary/aromatic N) is 2. The lowest BCUT2D eigenvalue weighted by molar-refractivity contribution is -0.138. The molecule has 0 aliphatic heterocycles. The summed E-state index contributed by atoms with van der Waals surface area (Å²) < 4.78 is 0. The SMILES string of the molecule is CCN(CC)C(=O)CN(C)C(=O)CNC(=O)c1cc(C)cc(C)c1. The second-order valence-electron chi connectivity index (χ2n) is 5.87. The minimum atomic E-state index is -0.298. The van der Waals surface area contributed by atoms with Gasteiger partial charge in [0.1, 0.15) is 0 Å². The first kappa shape index (κ1) is 19.7. The molecular weight excluding hydrogens is 306 g/mol. The third-order valence-corrected chi connectivity index (χ3v) is 3.80. The average molecular weight is 333 g/mol. The average Bonchev–Trinajstić information content (AvgIpc) is 2.52. The summed E-state index contributed by atoms with van der Waals surface area (Å²) in [5.41, 5.74) is 2.52. The fraction of sp³-hybridized carbons (Fsp3) is 0.500. The lowest BCUT2D eigenvalue weighted by Crippen LogP contribution is -2.44. The number of amides is 3. The summed E-state index contributed by atoms with van der Waals surface area (Å²) >= 11 is 0. The van der Waals surface area contributed by atoms with E-state index in [2.05, 4.69) is 5.32 Å². The summed E-state index contributed by atoms with van der Waals surface area (Å²) in [5, 5.41) is 2.61. The van der Waals surface area contributed by atoms with E-state index >= 15 is 0 Å². The number of rotatable bonds is 7. The van der Waals surface area contributed by atoms with Gasteiger partial charge in [0.05, 0.1) is 13.1 Å². The number of aryl methyl sites for hydroxylation is 2. The molecule has 132 valence electrons. The van der Waals surface area contributed by atoms with Crippen molar-refractivity contribution >= 4 is 17.7 Å². The van der Waals surface area contributed by atoms with Crippen LogP contribution in [-0.2, 0) is 9.59 Å². The van der Waals surface area contributed by atoms with E-state index in [1.807, 2.05) is 33.8 Å². The van der Waals surface area contributed by atoms with E-state index in [9.17, 15) is 14.4 Å². The molecule has 3 amide bonds. The van der Waals surface area contributed by atoms with Crippen molar-refractivity contribution in [1.29, 1.82) is 0 Å². The molecule has 0 bridgehead atoms. The van der Waals surface area contributed by atoms with Crippen molar-refractivity contribution < 1.29 is 14.4 Å². The van der Waals surface area contributed by atoms with Crippen LogP contribution in [0.4, 0.5) is 0 Å². The first-order valence-electron chi connectivity index (χ1n) is 8.16. The summed E-state index contributed by atoms with van der Waals surface area (Å²) in [6.07, 6.45) is 0. The standard InChI is InChI=1S/C18H27N3O3/c1-6-21(7-2)17(23)12-20(5)16(22)11-19-18(24)15-9-13(3)8-14(4)10-15/h8-10H,6-7,11-12H2,1-5H3,(H,19,24). The van der Waals surface area contributed by atoms with Crippen LogP contribution in [0.5, 0.6) is 0 Å². The van der Waals surface area contributed by atoms with Crippen molar-refractivity contribution in [3.63, 3.8) is 0 Å². The minimum Gasteiger partial charge on any atom is -0.343 e. The largest absolute Gasteiger partial charge is 0.343 e. The number of hydrogen-bond acceptors (Lipinski definition) is 3. The summed E-state index contributed by atoms with van der Waals surface area (Å²) in [6, 6.07) is 5.54. The molecule has 0 fully saturated rings. The Morgan fingerprint density at radius 1 is 0.958 bits per heavy atom. The molecule has 1 N–H and O–H groups in total. The van der Waals surface area contributed by atoms with Crippen LogP contribution in [0.15, 0.2) is 18.2 Å². The van der Waals surface area contributed by atoms with Crippen molar-refractivity contribution in [3.05, 3.63) is 34.9 Å². The Bertz CT molecular complexity index is 589. The number of carbonyl (C=O) groups is 3. The van der Waals surface area contributed by atoms with E-state index in [4.69, 9.17) is 0 Å². The lowest BCUT2D eigenvalue weighted by atomic mass is 10.1. The van der Waals surface area contributed by atoms with E-state index in [0.29, 0.717) is 18.7 Å². The molecule has 0 atom stereocenters. The van der Waals surface area contributed by atoms with E-state index in [1.54, 1.807) is 24.1 Å². The highest BCUT2D eigenvalue weighted by molar-refractivity contribution is 5.97. The van der Waals surface area contributed by atoms with Crippen molar-refractivity contribution in [2.24, 2.45) is 0 Å². The molecule has 1 rings (SSSR count). The third kappa shape index (κ3) is 5.68. The molecule has 0 spiro atoms. The lowest BCUT2D eigenvalue weighted by Gasteiger charge is -2.23. The summed E-state index contributed by atoms with van der Waals surface area (Å²) in [7, 11) is 1.56. The molecule has 1 aromatic rings. The summed E-state index contributed by atoms with van der Waals surface area (Å²) in [4.78, 5) is 39.2. The van der Waals surface area contributed by atoms with Gasteiger partial charge in [-0.25, -0.2) is 0 Å². The van der Waals surface area contributed by atoms with E-state index in [0.717, 1.165) is 11.1 Å².